The van der Waals surface area contributed by atoms with E-state index in [2.05, 4.69) is 10.6 Å². The van der Waals surface area contributed by atoms with Crippen molar-refractivity contribution in [1.29, 1.82) is 0 Å². The number of cyclic esters (lactones) is 1. The van der Waals surface area contributed by atoms with E-state index in [1.54, 1.807) is 24.3 Å². The van der Waals surface area contributed by atoms with Gasteiger partial charge in [0.2, 0.25) is 11.8 Å². The maximum atomic E-state index is 13.2. The Morgan fingerprint density at radius 2 is 1.74 bits per heavy atom. The summed E-state index contributed by atoms with van der Waals surface area (Å²) in [6.45, 7) is 7.63. The minimum atomic E-state index is -0.797. The van der Waals surface area contributed by atoms with E-state index < -0.39 is 18.2 Å². The van der Waals surface area contributed by atoms with E-state index in [1.165, 1.54) is 11.8 Å². The predicted molar refractivity (Wildman–Crippen MR) is 118 cm³/mol. The van der Waals surface area contributed by atoms with Crippen molar-refractivity contribution in [2.75, 3.05) is 5.32 Å². The smallest absolute Gasteiger partial charge is 0.411 e. The van der Waals surface area contributed by atoms with Crippen LogP contribution in [0.3, 0.4) is 0 Å². The Kier molecular flexibility index (Phi) is 6.95. The number of benzene rings is 2. The molecule has 2 aromatic rings. The van der Waals surface area contributed by atoms with E-state index in [0.717, 1.165) is 17.5 Å². The second kappa shape index (κ2) is 9.64. The maximum Gasteiger partial charge on any atom is 0.411 e. The van der Waals surface area contributed by atoms with E-state index in [-0.39, 0.29) is 24.4 Å². The highest BCUT2D eigenvalue weighted by atomic mass is 16.6. The lowest BCUT2D eigenvalue weighted by Gasteiger charge is -2.25. The zero-order chi connectivity index (χ0) is 22.5. The van der Waals surface area contributed by atoms with Gasteiger partial charge in [0.1, 0.15) is 0 Å². The van der Waals surface area contributed by atoms with Gasteiger partial charge in [-0.3, -0.25) is 14.5 Å². The number of amides is 3. The Hall–Kier alpha value is -3.35. The van der Waals surface area contributed by atoms with Crippen molar-refractivity contribution in [3.8, 4) is 0 Å². The molecule has 7 heteroatoms. The number of carbonyl (C=O) groups is 3. The molecule has 1 fully saturated rings. The van der Waals surface area contributed by atoms with Crippen LogP contribution in [0, 0.1) is 6.92 Å². The molecule has 0 aliphatic carbocycles. The zero-order valence-electron chi connectivity index (χ0n) is 18.3. The van der Waals surface area contributed by atoms with Crippen LogP contribution in [0.5, 0.6) is 0 Å². The quantitative estimate of drug-likeness (QED) is 0.706. The second-order valence-corrected chi connectivity index (χ2v) is 7.98. The first-order chi connectivity index (χ1) is 14.8. The molecule has 1 aliphatic rings. The van der Waals surface area contributed by atoms with Gasteiger partial charge in [0.05, 0.1) is 6.54 Å². The molecule has 1 aliphatic heterocycles. The number of aryl methyl sites for hydroxylation is 1. The van der Waals surface area contributed by atoms with E-state index in [4.69, 9.17) is 4.74 Å². The molecular formula is C24H29N3O4. The summed E-state index contributed by atoms with van der Waals surface area (Å²) in [5.41, 5.74) is 3.37. The first-order valence-electron chi connectivity index (χ1n) is 10.5. The first kappa shape index (κ1) is 22.3. The van der Waals surface area contributed by atoms with Crippen LogP contribution in [0.1, 0.15) is 50.0 Å². The summed E-state index contributed by atoms with van der Waals surface area (Å²) in [5.74, 6) is -0.418. The number of carbonyl (C=O) groups excluding carboxylic acids is 3. The molecule has 31 heavy (non-hydrogen) atoms. The van der Waals surface area contributed by atoms with Gasteiger partial charge in [0.25, 0.3) is 0 Å². The van der Waals surface area contributed by atoms with Gasteiger partial charge in [-0.05, 0) is 43.5 Å². The number of ether oxygens (including phenoxy) is 1. The number of nitrogens with zero attached hydrogens (tertiary/aromatic N) is 1. The molecule has 2 aromatic carbocycles. The minimum absolute atomic E-state index is 0.0211. The zero-order valence-corrected chi connectivity index (χ0v) is 18.3. The van der Waals surface area contributed by atoms with Crippen LogP contribution in [0.25, 0.3) is 0 Å². The van der Waals surface area contributed by atoms with Crippen molar-refractivity contribution in [2.24, 2.45) is 0 Å². The van der Waals surface area contributed by atoms with Crippen LogP contribution in [0.15, 0.2) is 48.5 Å². The molecule has 7 nitrogen and oxygen atoms in total. The van der Waals surface area contributed by atoms with Crippen molar-refractivity contribution < 1.29 is 19.1 Å². The molecule has 0 aromatic heterocycles. The summed E-state index contributed by atoms with van der Waals surface area (Å²) in [7, 11) is 0. The second-order valence-electron chi connectivity index (χ2n) is 7.98. The van der Waals surface area contributed by atoms with E-state index >= 15 is 0 Å². The van der Waals surface area contributed by atoms with Crippen molar-refractivity contribution in [3.05, 3.63) is 65.2 Å². The normalized spacial score (nSPS) is 19.0. The summed E-state index contributed by atoms with van der Waals surface area (Å²) in [5, 5.41) is 5.69. The van der Waals surface area contributed by atoms with Crippen LogP contribution in [-0.2, 0) is 20.9 Å². The highest BCUT2D eigenvalue weighted by Gasteiger charge is 2.47. The standard InChI is InChI=1S/C24H29N3O4/c1-5-16(3)25-23(29)21-22(19-10-12-20(13-11-19)26-17(4)28)31-24(30)27(21)14-18-8-6-15(2)7-9-18/h6-13,16,21-22H,5,14H2,1-4H3,(H,25,29)(H,26,28). The third-order valence-electron chi connectivity index (χ3n) is 5.39. The predicted octanol–water partition coefficient (Wildman–Crippen LogP) is 3.93. The van der Waals surface area contributed by atoms with Gasteiger partial charge in [-0.15, -0.1) is 0 Å². The van der Waals surface area contributed by atoms with Crippen LogP contribution < -0.4 is 10.6 Å². The average Bonchev–Trinajstić information content (AvgIpc) is 3.06. The average molecular weight is 424 g/mol. The van der Waals surface area contributed by atoms with Crippen LogP contribution in [0.4, 0.5) is 10.5 Å². The molecule has 0 saturated carbocycles. The molecule has 0 bridgehead atoms. The highest BCUT2D eigenvalue weighted by molar-refractivity contribution is 5.90. The molecule has 1 heterocycles. The van der Waals surface area contributed by atoms with Crippen LogP contribution >= 0.6 is 0 Å². The van der Waals surface area contributed by atoms with Crippen molar-refractivity contribution in [3.63, 3.8) is 0 Å². The number of anilines is 1. The monoisotopic (exact) mass is 423 g/mol. The Balaban J connectivity index is 1.89. The van der Waals surface area contributed by atoms with Gasteiger partial charge < -0.3 is 15.4 Å². The molecule has 3 rings (SSSR count). The largest absolute Gasteiger partial charge is 0.438 e. The topological polar surface area (TPSA) is 87.7 Å². The van der Waals surface area contributed by atoms with Crippen LogP contribution in [0.2, 0.25) is 0 Å². The molecule has 0 spiro atoms. The molecule has 2 N–H and O–H groups in total. The Morgan fingerprint density at radius 3 is 2.32 bits per heavy atom. The van der Waals surface area contributed by atoms with Gasteiger partial charge in [0, 0.05) is 18.7 Å². The first-order valence-corrected chi connectivity index (χ1v) is 10.5. The summed E-state index contributed by atoms with van der Waals surface area (Å²) >= 11 is 0. The molecule has 164 valence electrons. The van der Waals surface area contributed by atoms with Gasteiger partial charge in [-0.1, -0.05) is 48.9 Å². The fraction of sp³-hybridized carbons (Fsp3) is 0.375. The highest BCUT2D eigenvalue weighted by Crippen LogP contribution is 2.34. The summed E-state index contributed by atoms with van der Waals surface area (Å²) in [4.78, 5) is 38.7. The SMILES string of the molecule is CCC(C)NC(=O)C1C(c2ccc(NC(C)=O)cc2)OC(=O)N1Cc1ccc(C)cc1. The summed E-state index contributed by atoms with van der Waals surface area (Å²) in [6.07, 6.45) is -0.490. The van der Waals surface area contributed by atoms with Gasteiger partial charge in [-0.2, -0.15) is 0 Å². The summed E-state index contributed by atoms with van der Waals surface area (Å²) in [6, 6.07) is 14.0. The van der Waals surface area contributed by atoms with Gasteiger partial charge >= 0.3 is 6.09 Å². The maximum absolute atomic E-state index is 13.2. The van der Waals surface area contributed by atoms with E-state index in [9.17, 15) is 14.4 Å². The van der Waals surface area contributed by atoms with Crippen molar-refractivity contribution in [1.82, 2.24) is 10.2 Å². The van der Waals surface area contributed by atoms with Crippen LogP contribution in [-0.4, -0.2) is 34.9 Å². The lowest BCUT2D eigenvalue weighted by molar-refractivity contribution is -0.127. The van der Waals surface area contributed by atoms with E-state index in [0.29, 0.717) is 11.3 Å². The van der Waals surface area contributed by atoms with Crippen molar-refractivity contribution >= 4 is 23.6 Å². The third-order valence-corrected chi connectivity index (χ3v) is 5.39. The van der Waals surface area contributed by atoms with E-state index in [1.807, 2.05) is 45.0 Å². The molecule has 3 atom stereocenters. The third kappa shape index (κ3) is 5.42. The molecular weight excluding hydrogens is 394 g/mol. The lowest BCUT2D eigenvalue weighted by Crippen LogP contribution is -2.48. The fourth-order valence-corrected chi connectivity index (χ4v) is 3.49. The Labute approximate surface area is 182 Å². The summed E-state index contributed by atoms with van der Waals surface area (Å²) < 4.78 is 5.66. The number of hydrogen-bond donors (Lipinski definition) is 2. The number of nitrogens with one attached hydrogen (secondary N) is 2. The Morgan fingerprint density at radius 1 is 1.10 bits per heavy atom. The van der Waals surface area contributed by atoms with Gasteiger partial charge in [0.15, 0.2) is 12.1 Å². The molecule has 3 unspecified atom stereocenters. The minimum Gasteiger partial charge on any atom is -0.438 e. The molecule has 1 saturated heterocycles. The molecule has 3 amide bonds. The lowest BCUT2D eigenvalue weighted by atomic mass is 10.00. The fourth-order valence-electron chi connectivity index (χ4n) is 3.49. The van der Waals surface area contributed by atoms with Crippen molar-refractivity contribution in [2.45, 2.75) is 58.8 Å². The molecule has 0 radical (unpaired) electrons. The Bertz CT molecular complexity index is 940. The number of rotatable bonds is 7. The number of hydrogen-bond acceptors (Lipinski definition) is 4. The van der Waals surface area contributed by atoms with Gasteiger partial charge in [-0.25, -0.2) is 4.79 Å².